The van der Waals surface area contributed by atoms with E-state index in [1.54, 1.807) is 6.07 Å². The standard InChI is InChI=1S/C13H20N4O/c1-8-4-3-5-9(2)17(8)12-6-10(13(15)18)11(14)7-16-12/h6-9H,3-5,14H2,1-2H3,(H2,15,18)/t8-,9+. The minimum atomic E-state index is -0.506. The number of nitrogen functional groups attached to an aromatic ring is 1. The van der Waals surface area contributed by atoms with E-state index in [1.165, 1.54) is 12.6 Å². The Morgan fingerprint density at radius 3 is 2.56 bits per heavy atom. The van der Waals surface area contributed by atoms with Crippen LogP contribution in [0.2, 0.25) is 0 Å². The highest BCUT2D eigenvalue weighted by Crippen LogP contribution is 2.29. The monoisotopic (exact) mass is 248 g/mol. The van der Waals surface area contributed by atoms with Crippen LogP contribution in [0.3, 0.4) is 0 Å². The van der Waals surface area contributed by atoms with Crippen molar-refractivity contribution >= 4 is 17.4 Å². The van der Waals surface area contributed by atoms with E-state index < -0.39 is 5.91 Å². The van der Waals surface area contributed by atoms with Crippen LogP contribution in [0, 0.1) is 0 Å². The number of hydrogen-bond acceptors (Lipinski definition) is 4. The second-order valence-corrected chi connectivity index (χ2v) is 5.03. The molecule has 0 spiro atoms. The van der Waals surface area contributed by atoms with E-state index in [4.69, 9.17) is 11.5 Å². The molecule has 5 heteroatoms. The largest absolute Gasteiger partial charge is 0.397 e. The van der Waals surface area contributed by atoms with Crippen LogP contribution in [0.1, 0.15) is 43.5 Å². The van der Waals surface area contributed by atoms with E-state index in [-0.39, 0.29) is 0 Å². The van der Waals surface area contributed by atoms with Crippen molar-refractivity contribution in [3.05, 3.63) is 17.8 Å². The summed E-state index contributed by atoms with van der Waals surface area (Å²) in [7, 11) is 0. The lowest BCUT2D eigenvalue weighted by Gasteiger charge is -2.40. The molecule has 18 heavy (non-hydrogen) atoms. The number of amides is 1. The Morgan fingerprint density at radius 2 is 2.00 bits per heavy atom. The number of nitrogens with zero attached hydrogens (tertiary/aromatic N) is 2. The van der Waals surface area contributed by atoms with Crippen molar-refractivity contribution in [2.24, 2.45) is 5.73 Å². The molecule has 2 heterocycles. The lowest BCUT2D eigenvalue weighted by atomic mass is 9.97. The molecule has 0 unspecified atom stereocenters. The summed E-state index contributed by atoms with van der Waals surface area (Å²) in [6.45, 7) is 4.36. The first kappa shape index (κ1) is 12.7. The molecule has 1 aromatic heterocycles. The molecule has 1 amide bonds. The van der Waals surface area contributed by atoms with Gasteiger partial charge in [-0.2, -0.15) is 0 Å². The first-order chi connectivity index (χ1) is 8.50. The summed E-state index contributed by atoms with van der Waals surface area (Å²) < 4.78 is 0. The topological polar surface area (TPSA) is 85.2 Å². The Morgan fingerprint density at radius 1 is 1.39 bits per heavy atom. The molecule has 0 aliphatic carbocycles. The highest BCUT2D eigenvalue weighted by molar-refractivity contribution is 5.98. The minimum absolute atomic E-state index is 0.337. The summed E-state index contributed by atoms with van der Waals surface area (Å²) in [5, 5.41) is 0. The zero-order valence-electron chi connectivity index (χ0n) is 10.9. The molecule has 0 bridgehead atoms. The third kappa shape index (κ3) is 2.25. The van der Waals surface area contributed by atoms with Crippen LogP contribution >= 0.6 is 0 Å². The Bertz CT molecular complexity index is 450. The number of piperidine rings is 1. The Kier molecular flexibility index (Phi) is 3.41. The van der Waals surface area contributed by atoms with Crippen LogP contribution in [-0.4, -0.2) is 23.0 Å². The van der Waals surface area contributed by atoms with Gasteiger partial charge in [-0.3, -0.25) is 4.79 Å². The van der Waals surface area contributed by atoms with Crippen molar-refractivity contribution in [3.63, 3.8) is 0 Å². The molecule has 0 radical (unpaired) electrons. The second kappa shape index (κ2) is 4.84. The Labute approximate surface area is 107 Å². The zero-order valence-corrected chi connectivity index (χ0v) is 10.9. The van der Waals surface area contributed by atoms with Crippen molar-refractivity contribution in [1.29, 1.82) is 0 Å². The molecule has 98 valence electrons. The highest BCUT2D eigenvalue weighted by Gasteiger charge is 2.26. The Hall–Kier alpha value is -1.78. The number of rotatable bonds is 2. The summed E-state index contributed by atoms with van der Waals surface area (Å²) in [5.41, 5.74) is 11.7. The predicted molar refractivity (Wildman–Crippen MR) is 72.4 cm³/mol. The lowest BCUT2D eigenvalue weighted by molar-refractivity contribution is 0.100. The summed E-state index contributed by atoms with van der Waals surface area (Å²) in [6, 6.07) is 2.55. The lowest BCUT2D eigenvalue weighted by Crippen LogP contribution is -2.44. The second-order valence-electron chi connectivity index (χ2n) is 5.03. The van der Waals surface area contributed by atoms with Crippen LogP contribution in [0.15, 0.2) is 12.3 Å². The average molecular weight is 248 g/mol. The smallest absolute Gasteiger partial charge is 0.250 e. The molecule has 0 saturated carbocycles. The van der Waals surface area contributed by atoms with Gasteiger partial charge in [0, 0.05) is 12.1 Å². The summed E-state index contributed by atoms with van der Waals surface area (Å²) in [6.07, 6.45) is 5.03. The molecule has 1 aromatic rings. The van der Waals surface area contributed by atoms with Crippen molar-refractivity contribution < 1.29 is 4.79 Å². The van der Waals surface area contributed by atoms with Crippen molar-refractivity contribution in [1.82, 2.24) is 4.98 Å². The van der Waals surface area contributed by atoms with Gasteiger partial charge in [0.2, 0.25) is 0 Å². The highest BCUT2D eigenvalue weighted by atomic mass is 16.1. The number of nitrogens with two attached hydrogens (primary N) is 2. The van der Waals surface area contributed by atoms with E-state index in [0.29, 0.717) is 23.3 Å². The maximum absolute atomic E-state index is 11.3. The first-order valence-electron chi connectivity index (χ1n) is 6.34. The van der Waals surface area contributed by atoms with Crippen molar-refractivity contribution in [2.45, 2.75) is 45.2 Å². The molecule has 0 aromatic carbocycles. The number of pyridine rings is 1. The van der Waals surface area contributed by atoms with E-state index in [9.17, 15) is 4.79 Å². The van der Waals surface area contributed by atoms with Gasteiger partial charge in [0.25, 0.3) is 5.91 Å². The minimum Gasteiger partial charge on any atom is -0.397 e. The summed E-state index contributed by atoms with van der Waals surface area (Å²) >= 11 is 0. The van der Waals surface area contributed by atoms with Gasteiger partial charge in [0.15, 0.2) is 0 Å². The summed E-state index contributed by atoms with van der Waals surface area (Å²) in [5.74, 6) is 0.283. The maximum atomic E-state index is 11.3. The van der Waals surface area contributed by atoms with Crippen LogP contribution in [-0.2, 0) is 0 Å². The van der Waals surface area contributed by atoms with E-state index in [0.717, 1.165) is 18.7 Å². The SMILES string of the molecule is C[C@@H]1CCC[C@H](C)N1c1cc(C(N)=O)c(N)cn1. The molecular formula is C13H20N4O. The number of carbonyl (C=O) groups excluding carboxylic acids is 1. The molecule has 1 aliphatic rings. The van der Waals surface area contributed by atoms with E-state index in [2.05, 4.69) is 23.7 Å². The van der Waals surface area contributed by atoms with Gasteiger partial charge < -0.3 is 16.4 Å². The molecule has 2 rings (SSSR count). The van der Waals surface area contributed by atoms with Crippen LogP contribution in [0.25, 0.3) is 0 Å². The van der Waals surface area contributed by atoms with Gasteiger partial charge in [-0.1, -0.05) is 0 Å². The quantitative estimate of drug-likeness (QED) is 0.831. The fraction of sp³-hybridized carbons (Fsp3) is 0.538. The first-order valence-corrected chi connectivity index (χ1v) is 6.34. The fourth-order valence-corrected chi connectivity index (χ4v) is 2.68. The molecule has 1 aliphatic heterocycles. The van der Waals surface area contributed by atoms with Crippen LogP contribution < -0.4 is 16.4 Å². The molecule has 2 atom stereocenters. The molecule has 4 N–H and O–H groups in total. The molecular weight excluding hydrogens is 228 g/mol. The number of aromatic nitrogens is 1. The average Bonchev–Trinajstić information content (AvgIpc) is 2.30. The van der Waals surface area contributed by atoms with E-state index in [1.807, 2.05) is 0 Å². The molecule has 1 saturated heterocycles. The van der Waals surface area contributed by atoms with Crippen molar-refractivity contribution in [3.8, 4) is 0 Å². The summed E-state index contributed by atoms with van der Waals surface area (Å²) in [4.78, 5) is 17.9. The van der Waals surface area contributed by atoms with Gasteiger partial charge in [-0.25, -0.2) is 4.98 Å². The number of anilines is 2. The molecule has 5 nitrogen and oxygen atoms in total. The maximum Gasteiger partial charge on any atom is 0.250 e. The third-order valence-corrected chi connectivity index (χ3v) is 3.64. The van der Waals surface area contributed by atoms with Crippen molar-refractivity contribution in [2.75, 3.05) is 10.6 Å². The van der Waals surface area contributed by atoms with Gasteiger partial charge in [-0.15, -0.1) is 0 Å². The van der Waals surface area contributed by atoms with Crippen LogP contribution in [0.5, 0.6) is 0 Å². The van der Waals surface area contributed by atoms with Gasteiger partial charge in [-0.05, 0) is 39.2 Å². The zero-order chi connectivity index (χ0) is 13.3. The number of primary amides is 1. The molecule has 1 fully saturated rings. The number of hydrogen-bond donors (Lipinski definition) is 2. The Balaban J connectivity index is 2.38. The number of carbonyl (C=O) groups is 1. The van der Waals surface area contributed by atoms with Gasteiger partial charge in [0.1, 0.15) is 5.82 Å². The van der Waals surface area contributed by atoms with Gasteiger partial charge >= 0.3 is 0 Å². The van der Waals surface area contributed by atoms with Crippen LogP contribution in [0.4, 0.5) is 11.5 Å². The predicted octanol–water partition coefficient (Wildman–Crippen LogP) is 1.53. The normalized spacial score (nSPS) is 24.0. The fourth-order valence-electron chi connectivity index (χ4n) is 2.68. The van der Waals surface area contributed by atoms with Gasteiger partial charge in [0.05, 0.1) is 17.4 Å². The van der Waals surface area contributed by atoms with E-state index >= 15 is 0 Å². The third-order valence-electron chi connectivity index (χ3n) is 3.64.